The highest BCUT2D eigenvalue weighted by atomic mass is 35.5. The summed E-state index contributed by atoms with van der Waals surface area (Å²) in [6.45, 7) is 5.27. The number of nitrogens with one attached hydrogen (secondary N) is 3. The fourth-order valence-corrected chi connectivity index (χ4v) is 8.00. The van der Waals surface area contributed by atoms with Crippen molar-refractivity contribution in [2.45, 2.75) is 62.3 Å². The normalized spacial score (nSPS) is 19.4. The molecule has 0 bridgehead atoms. The summed E-state index contributed by atoms with van der Waals surface area (Å²) in [4.78, 5) is 32.1. The van der Waals surface area contributed by atoms with Crippen LogP contribution in [0.25, 0.3) is 11.6 Å². The molecular formula is C31H32Cl2N4O4S. The topological polar surface area (TPSA) is 111 Å². The summed E-state index contributed by atoms with van der Waals surface area (Å²) in [6.07, 6.45) is 6.06. The predicted molar refractivity (Wildman–Crippen MR) is 166 cm³/mol. The number of hydrogen-bond acceptors (Lipinski definition) is 5. The fourth-order valence-electron chi connectivity index (χ4n) is 5.88. The van der Waals surface area contributed by atoms with Crippen LogP contribution < -0.4 is 10.6 Å². The Morgan fingerprint density at radius 3 is 2.57 bits per heavy atom. The van der Waals surface area contributed by atoms with E-state index in [1.807, 2.05) is 18.7 Å². The molecule has 1 atom stereocenters. The number of carbonyl (C=O) groups is 2. The van der Waals surface area contributed by atoms with E-state index in [0.29, 0.717) is 39.7 Å². The summed E-state index contributed by atoms with van der Waals surface area (Å²) < 4.78 is 26.7. The molecule has 11 heteroatoms. The summed E-state index contributed by atoms with van der Waals surface area (Å²) in [6, 6.07) is 10.1. The first-order valence-electron chi connectivity index (χ1n) is 14.1. The Morgan fingerprint density at radius 1 is 1.12 bits per heavy atom. The maximum atomic E-state index is 13.7. The van der Waals surface area contributed by atoms with E-state index < -0.39 is 9.84 Å². The largest absolute Gasteiger partial charge is 0.358 e. The number of halogens is 2. The van der Waals surface area contributed by atoms with E-state index in [0.717, 1.165) is 37.2 Å². The van der Waals surface area contributed by atoms with Crippen molar-refractivity contribution < 1.29 is 18.0 Å². The van der Waals surface area contributed by atoms with E-state index in [1.54, 1.807) is 30.3 Å². The molecule has 2 aliphatic heterocycles. The number of likely N-dealkylation sites (tertiary alicyclic amines) is 1. The number of benzene rings is 2. The van der Waals surface area contributed by atoms with Gasteiger partial charge in [-0.2, -0.15) is 0 Å². The van der Waals surface area contributed by atoms with Gasteiger partial charge in [0, 0.05) is 63.4 Å². The summed E-state index contributed by atoms with van der Waals surface area (Å²) >= 11 is 12.5. The molecule has 1 aromatic heterocycles. The molecule has 3 aliphatic rings. The minimum Gasteiger partial charge on any atom is -0.358 e. The number of amides is 2. The van der Waals surface area contributed by atoms with Crippen LogP contribution in [-0.4, -0.2) is 55.3 Å². The van der Waals surface area contributed by atoms with Gasteiger partial charge >= 0.3 is 0 Å². The van der Waals surface area contributed by atoms with Crippen LogP contribution in [0.1, 0.15) is 64.1 Å². The third-order valence-electron chi connectivity index (χ3n) is 8.37. The SMILES string of the molecule is Cc1[nH]c(C=C2C(=O)Nc3ccc(S(=O)(=O)Cc4c(Cl)cccc4Cl)cc32)c(C)c1C(=O)N1CCC[C@H]1CNC1CC1. The van der Waals surface area contributed by atoms with Crippen molar-refractivity contribution in [2.75, 3.05) is 18.4 Å². The Hall–Kier alpha value is -3.11. The van der Waals surface area contributed by atoms with Gasteiger partial charge in [0.05, 0.1) is 21.8 Å². The highest BCUT2D eigenvalue weighted by Crippen LogP contribution is 2.37. The number of aromatic amines is 1. The molecule has 2 aromatic carbocycles. The van der Waals surface area contributed by atoms with Crippen LogP contribution in [0.15, 0.2) is 41.3 Å². The number of aryl methyl sites for hydroxylation is 1. The molecule has 3 N–H and O–H groups in total. The lowest BCUT2D eigenvalue weighted by molar-refractivity contribution is -0.110. The van der Waals surface area contributed by atoms with Crippen LogP contribution in [0.3, 0.4) is 0 Å². The third-order valence-corrected chi connectivity index (χ3v) is 10.7. The molecule has 1 saturated heterocycles. The number of carbonyl (C=O) groups excluding carboxylic acids is 2. The second-order valence-corrected chi connectivity index (χ2v) is 14.1. The number of aromatic nitrogens is 1. The van der Waals surface area contributed by atoms with E-state index in [2.05, 4.69) is 15.6 Å². The lowest BCUT2D eigenvalue weighted by Crippen LogP contribution is -2.42. The van der Waals surface area contributed by atoms with Crippen molar-refractivity contribution in [1.82, 2.24) is 15.2 Å². The van der Waals surface area contributed by atoms with Crippen molar-refractivity contribution in [3.05, 3.63) is 80.1 Å². The Labute approximate surface area is 255 Å². The van der Waals surface area contributed by atoms with Gasteiger partial charge in [-0.3, -0.25) is 9.59 Å². The second-order valence-electron chi connectivity index (χ2n) is 11.3. The van der Waals surface area contributed by atoms with Gasteiger partial charge in [-0.05, 0) is 81.5 Å². The van der Waals surface area contributed by atoms with Gasteiger partial charge in [-0.1, -0.05) is 29.3 Å². The van der Waals surface area contributed by atoms with E-state index in [9.17, 15) is 18.0 Å². The smallest absolute Gasteiger partial charge is 0.256 e. The lowest BCUT2D eigenvalue weighted by atomic mass is 10.0. The molecule has 2 amide bonds. The van der Waals surface area contributed by atoms with Crippen molar-refractivity contribution in [1.29, 1.82) is 0 Å². The number of sulfone groups is 1. The molecule has 3 aromatic rings. The van der Waals surface area contributed by atoms with Crippen molar-refractivity contribution in [2.24, 2.45) is 0 Å². The van der Waals surface area contributed by atoms with Crippen LogP contribution in [-0.2, 0) is 20.4 Å². The fraction of sp³-hybridized carbons (Fsp3) is 0.355. The zero-order valence-corrected chi connectivity index (χ0v) is 25.7. The van der Waals surface area contributed by atoms with Crippen LogP contribution in [0.5, 0.6) is 0 Å². The molecule has 42 heavy (non-hydrogen) atoms. The molecule has 0 radical (unpaired) electrons. The average molecular weight is 628 g/mol. The van der Waals surface area contributed by atoms with Gasteiger partial charge < -0.3 is 20.5 Å². The molecule has 6 rings (SSSR count). The molecule has 8 nitrogen and oxygen atoms in total. The molecule has 0 spiro atoms. The third kappa shape index (κ3) is 5.51. The maximum absolute atomic E-state index is 13.7. The maximum Gasteiger partial charge on any atom is 0.256 e. The zero-order valence-electron chi connectivity index (χ0n) is 23.4. The quantitative estimate of drug-likeness (QED) is 0.275. The Morgan fingerprint density at radius 2 is 1.86 bits per heavy atom. The monoisotopic (exact) mass is 626 g/mol. The first kappa shape index (κ1) is 29.0. The van der Waals surface area contributed by atoms with Gasteiger partial charge in [0.25, 0.3) is 11.8 Å². The number of nitrogens with zero attached hydrogens (tertiary/aromatic N) is 1. The Kier molecular flexibility index (Phi) is 7.72. The first-order chi connectivity index (χ1) is 20.0. The summed E-state index contributed by atoms with van der Waals surface area (Å²) in [7, 11) is -3.84. The van der Waals surface area contributed by atoms with Crippen LogP contribution in [0, 0.1) is 13.8 Å². The van der Waals surface area contributed by atoms with Gasteiger partial charge in [0.2, 0.25) is 0 Å². The van der Waals surface area contributed by atoms with E-state index in [4.69, 9.17) is 23.2 Å². The van der Waals surface area contributed by atoms with Crippen LogP contribution in [0.2, 0.25) is 10.0 Å². The predicted octanol–water partition coefficient (Wildman–Crippen LogP) is 5.76. The molecule has 0 unspecified atom stereocenters. The highest BCUT2D eigenvalue weighted by Gasteiger charge is 2.34. The Bertz CT molecular complexity index is 1720. The molecule has 2 fully saturated rings. The van der Waals surface area contributed by atoms with Crippen molar-refractivity contribution in [3.8, 4) is 0 Å². The van der Waals surface area contributed by atoms with Crippen molar-refractivity contribution >= 4 is 62.2 Å². The van der Waals surface area contributed by atoms with Crippen LogP contribution in [0.4, 0.5) is 5.69 Å². The van der Waals surface area contributed by atoms with Gasteiger partial charge in [-0.25, -0.2) is 8.42 Å². The standard InChI is InChI=1S/C31H32Cl2N4O4S/c1-17-28(35-18(2)29(17)31(39)37-12-4-5-20(37)15-34-19-8-9-19)14-23-22-13-21(10-11-27(22)36-30(23)38)42(40,41)16-24-25(32)6-3-7-26(24)33/h3,6-7,10-11,13-14,19-20,34-35H,4-5,8-9,12,15-16H2,1-2H3,(H,36,38)/t20-/m0/s1. The van der Waals surface area contributed by atoms with Crippen molar-refractivity contribution in [3.63, 3.8) is 0 Å². The zero-order chi connectivity index (χ0) is 29.8. The second kappa shape index (κ2) is 11.2. The minimum absolute atomic E-state index is 0.00566. The van der Waals surface area contributed by atoms with Gasteiger partial charge in [-0.15, -0.1) is 0 Å². The lowest BCUT2D eigenvalue weighted by Gasteiger charge is -2.25. The number of anilines is 1. The number of fused-ring (bicyclic) bond motifs is 1. The highest BCUT2D eigenvalue weighted by molar-refractivity contribution is 7.90. The molecule has 1 saturated carbocycles. The molecule has 1 aliphatic carbocycles. The van der Waals surface area contributed by atoms with Gasteiger partial charge in [0.1, 0.15) is 0 Å². The number of hydrogen-bond donors (Lipinski definition) is 3. The summed E-state index contributed by atoms with van der Waals surface area (Å²) in [5.41, 5.74) is 4.36. The summed E-state index contributed by atoms with van der Waals surface area (Å²) in [5.74, 6) is -0.730. The molecule has 220 valence electrons. The Balaban J connectivity index is 1.29. The molecule has 3 heterocycles. The van der Waals surface area contributed by atoms with Crippen LogP contribution >= 0.6 is 23.2 Å². The van der Waals surface area contributed by atoms with Gasteiger partial charge in [0.15, 0.2) is 9.84 Å². The molecular weight excluding hydrogens is 595 g/mol. The van der Waals surface area contributed by atoms with E-state index in [1.165, 1.54) is 25.0 Å². The van der Waals surface area contributed by atoms with E-state index >= 15 is 0 Å². The minimum atomic E-state index is -3.84. The summed E-state index contributed by atoms with van der Waals surface area (Å²) in [5, 5.41) is 6.91. The van der Waals surface area contributed by atoms with E-state index in [-0.39, 0.29) is 38.5 Å². The first-order valence-corrected chi connectivity index (χ1v) is 16.5. The number of H-pyrrole nitrogens is 1. The number of rotatable bonds is 8. The average Bonchev–Trinajstić information content (AvgIpc) is 3.46.